The van der Waals surface area contributed by atoms with Crippen molar-refractivity contribution < 1.29 is 0 Å². The molecular formula is C47H38N2. The summed E-state index contributed by atoms with van der Waals surface area (Å²) in [4.78, 5) is 2.33. The first-order chi connectivity index (χ1) is 24.2. The summed E-state index contributed by atoms with van der Waals surface area (Å²) in [5.74, 6) is 0.485. The Bertz CT molecular complexity index is 2420. The fourth-order valence-electron chi connectivity index (χ4n) is 8.07. The minimum Gasteiger partial charge on any atom is -0.345 e. The molecule has 9 rings (SSSR count). The first-order valence-corrected chi connectivity index (χ1v) is 17.4. The van der Waals surface area contributed by atoms with Crippen LogP contribution in [0.5, 0.6) is 0 Å². The Balaban J connectivity index is 1.08. The quantitative estimate of drug-likeness (QED) is 0.177. The van der Waals surface area contributed by atoms with Gasteiger partial charge in [-0.3, -0.25) is 0 Å². The van der Waals surface area contributed by atoms with E-state index in [2.05, 4.69) is 186 Å². The maximum atomic E-state index is 2.42. The van der Waals surface area contributed by atoms with Gasteiger partial charge in [-0.05, 0) is 113 Å². The van der Waals surface area contributed by atoms with Gasteiger partial charge < -0.3 is 9.47 Å². The molecule has 236 valence electrons. The molecule has 0 amide bonds. The van der Waals surface area contributed by atoms with Gasteiger partial charge in [0.1, 0.15) is 0 Å². The molecule has 8 aromatic rings. The van der Waals surface area contributed by atoms with Crippen LogP contribution in [0, 0.1) is 0 Å². The number of anilines is 2. The van der Waals surface area contributed by atoms with Crippen molar-refractivity contribution in [2.24, 2.45) is 0 Å². The molecule has 0 bridgehead atoms. The van der Waals surface area contributed by atoms with Crippen LogP contribution in [0.3, 0.4) is 0 Å². The van der Waals surface area contributed by atoms with Gasteiger partial charge in [0.05, 0.1) is 11.0 Å². The Hall–Kier alpha value is -5.86. The van der Waals surface area contributed by atoms with E-state index in [9.17, 15) is 0 Å². The summed E-state index contributed by atoms with van der Waals surface area (Å²) >= 11 is 0. The van der Waals surface area contributed by atoms with Crippen LogP contribution >= 0.6 is 0 Å². The molecule has 1 aliphatic carbocycles. The summed E-state index contributed by atoms with van der Waals surface area (Å²) in [6, 6.07) is 62.3. The van der Waals surface area contributed by atoms with E-state index in [4.69, 9.17) is 0 Å². The van der Waals surface area contributed by atoms with Crippen LogP contribution in [0.4, 0.5) is 11.4 Å². The first kappa shape index (κ1) is 29.3. The van der Waals surface area contributed by atoms with E-state index < -0.39 is 0 Å². The van der Waals surface area contributed by atoms with Gasteiger partial charge in [-0.25, -0.2) is 0 Å². The normalized spacial score (nSPS) is 13.9. The highest BCUT2D eigenvalue weighted by molar-refractivity contribution is 6.15. The number of rotatable bonds is 6. The molecule has 0 aliphatic heterocycles. The lowest BCUT2D eigenvalue weighted by Crippen LogP contribution is -2.10. The Morgan fingerprint density at radius 3 is 2.08 bits per heavy atom. The number of para-hydroxylation sites is 2. The van der Waals surface area contributed by atoms with E-state index in [0.717, 1.165) is 19.3 Å². The number of nitrogens with zero attached hydrogens (tertiary/aromatic N) is 2. The SMILES string of the molecule is CN(c1ccc(-c2cccc3c2c2ccccc2n3-c2ccccc2)cc1)c1ccc2c(c1)-c1ccccc1CCC2Cc1ccccc1. The average Bonchev–Trinajstić information content (AvgIpc) is 3.43. The van der Waals surface area contributed by atoms with E-state index in [1.165, 1.54) is 77.8 Å². The summed E-state index contributed by atoms with van der Waals surface area (Å²) in [5.41, 5.74) is 15.5. The molecule has 0 saturated carbocycles. The zero-order valence-electron chi connectivity index (χ0n) is 27.8. The maximum Gasteiger partial charge on any atom is 0.0547 e. The van der Waals surface area contributed by atoms with Crippen LogP contribution in [0.25, 0.3) is 49.7 Å². The number of aryl methyl sites for hydroxylation is 1. The monoisotopic (exact) mass is 630 g/mol. The van der Waals surface area contributed by atoms with Gasteiger partial charge in [-0.1, -0.05) is 121 Å². The lowest BCUT2D eigenvalue weighted by molar-refractivity contribution is 0.629. The highest BCUT2D eigenvalue weighted by Gasteiger charge is 2.24. The molecule has 0 fully saturated rings. The molecular weight excluding hydrogens is 593 g/mol. The first-order valence-electron chi connectivity index (χ1n) is 17.4. The van der Waals surface area contributed by atoms with Gasteiger partial charge in [-0.15, -0.1) is 0 Å². The number of benzene rings is 7. The number of fused-ring (bicyclic) bond motifs is 6. The predicted molar refractivity (Wildman–Crippen MR) is 207 cm³/mol. The van der Waals surface area contributed by atoms with Gasteiger partial charge in [0, 0.05) is 34.9 Å². The molecule has 1 unspecified atom stereocenters. The summed E-state index contributed by atoms with van der Waals surface area (Å²) in [6.45, 7) is 0. The zero-order valence-corrected chi connectivity index (χ0v) is 27.8. The van der Waals surface area contributed by atoms with Crippen molar-refractivity contribution in [3.8, 4) is 27.9 Å². The van der Waals surface area contributed by atoms with Crippen LogP contribution in [-0.4, -0.2) is 11.6 Å². The van der Waals surface area contributed by atoms with Crippen molar-refractivity contribution in [1.82, 2.24) is 4.57 Å². The van der Waals surface area contributed by atoms with Gasteiger partial charge >= 0.3 is 0 Å². The van der Waals surface area contributed by atoms with Crippen LogP contribution < -0.4 is 4.90 Å². The van der Waals surface area contributed by atoms with Crippen LogP contribution in [0.1, 0.15) is 29.0 Å². The third-order valence-electron chi connectivity index (χ3n) is 10.5. The van der Waals surface area contributed by atoms with Crippen molar-refractivity contribution >= 4 is 33.2 Å². The minimum absolute atomic E-state index is 0.485. The largest absolute Gasteiger partial charge is 0.345 e. The Morgan fingerprint density at radius 2 is 1.24 bits per heavy atom. The number of hydrogen-bond acceptors (Lipinski definition) is 1. The molecule has 2 heteroatoms. The van der Waals surface area contributed by atoms with Crippen LogP contribution in [0.15, 0.2) is 170 Å². The standard InChI is InChI=1S/C47H38N2/c1-48(39-29-30-41-36(31-33-13-4-2-5-14-33)24-23-34-15-8-9-18-40(34)44(41)32-39)37-27-25-35(26-28-37)42-20-12-22-46-47(42)43-19-10-11-21-45(43)49(46)38-16-6-3-7-17-38/h2-22,25-30,32,36H,23-24,31H2,1H3. The summed E-state index contributed by atoms with van der Waals surface area (Å²) in [7, 11) is 2.19. The van der Waals surface area contributed by atoms with Gasteiger partial charge in [0.25, 0.3) is 0 Å². The highest BCUT2D eigenvalue weighted by Crippen LogP contribution is 2.43. The molecule has 7 aromatic carbocycles. The summed E-state index contributed by atoms with van der Waals surface area (Å²) in [5, 5.41) is 2.56. The molecule has 1 heterocycles. The van der Waals surface area contributed by atoms with E-state index in [1.54, 1.807) is 0 Å². The van der Waals surface area contributed by atoms with Crippen molar-refractivity contribution in [2.75, 3.05) is 11.9 Å². The lowest BCUT2D eigenvalue weighted by atomic mass is 9.86. The second-order valence-electron chi connectivity index (χ2n) is 13.3. The molecule has 1 atom stereocenters. The van der Waals surface area contributed by atoms with Crippen molar-refractivity contribution in [3.63, 3.8) is 0 Å². The Morgan fingerprint density at radius 1 is 0.571 bits per heavy atom. The maximum absolute atomic E-state index is 2.42. The van der Waals surface area contributed by atoms with E-state index in [1.807, 2.05) is 0 Å². The third-order valence-corrected chi connectivity index (χ3v) is 10.5. The van der Waals surface area contributed by atoms with Gasteiger partial charge in [0.15, 0.2) is 0 Å². The molecule has 0 N–H and O–H groups in total. The second-order valence-corrected chi connectivity index (χ2v) is 13.3. The third kappa shape index (κ3) is 5.21. The fourth-order valence-corrected chi connectivity index (χ4v) is 8.07. The van der Waals surface area contributed by atoms with Crippen LogP contribution in [0.2, 0.25) is 0 Å². The molecule has 1 aliphatic rings. The number of hydrogen-bond donors (Lipinski definition) is 0. The van der Waals surface area contributed by atoms with E-state index in [-0.39, 0.29) is 0 Å². The number of aromatic nitrogens is 1. The molecule has 0 spiro atoms. The average molecular weight is 631 g/mol. The lowest BCUT2D eigenvalue weighted by Gasteiger charge is -2.24. The predicted octanol–water partition coefficient (Wildman–Crippen LogP) is 12.2. The van der Waals surface area contributed by atoms with Gasteiger partial charge in [-0.2, -0.15) is 0 Å². The highest BCUT2D eigenvalue weighted by atomic mass is 15.1. The zero-order chi connectivity index (χ0) is 32.7. The van der Waals surface area contributed by atoms with E-state index >= 15 is 0 Å². The smallest absolute Gasteiger partial charge is 0.0547 e. The molecule has 0 saturated heterocycles. The summed E-state index contributed by atoms with van der Waals surface area (Å²) in [6.07, 6.45) is 3.33. The van der Waals surface area contributed by atoms with E-state index in [0.29, 0.717) is 5.92 Å². The molecule has 49 heavy (non-hydrogen) atoms. The molecule has 1 aromatic heterocycles. The van der Waals surface area contributed by atoms with Crippen LogP contribution in [-0.2, 0) is 12.8 Å². The minimum atomic E-state index is 0.485. The van der Waals surface area contributed by atoms with Crippen molar-refractivity contribution in [3.05, 3.63) is 187 Å². The molecule has 0 radical (unpaired) electrons. The van der Waals surface area contributed by atoms with Crippen molar-refractivity contribution in [1.29, 1.82) is 0 Å². The molecule has 2 nitrogen and oxygen atoms in total. The van der Waals surface area contributed by atoms with Crippen molar-refractivity contribution in [2.45, 2.75) is 25.2 Å². The topological polar surface area (TPSA) is 8.17 Å². The Kier molecular flexibility index (Phi) is 7.35. The second kappa shape index (κ2) is 12.3. The Labute approximate surface area is 288 Å². The fraction of sp³-hybridized carbons (Fsp3) is 0.106. The summed E-state index contributed by atoms with van der Waals surface area (Å²) < 4.78 is 2.39. The van der Waals surface area contributed by atoms with Gasteiger partial charge in [0.2, 0.25) is 0 Å².